The van der Waals surface area contributed by atoms with Crippen LogP contribution >= 0.6 is 7.82 Å². The fourth-order valence-electron chi connectivity index (χ4n) is 2.87. The van der Waals surface area contributed by atoms with Crippen LogP contribution in [0.3, 0.4) is 0 Å². The molecule has 136 valence electrons. The highest BCUT2D eigenvalue weighted by Gasteiger charge is 2.42. The summed E-state index contributed by atoms with van der Waals surface area (Å²) < 4.78 is 21.5. The third-order valence-electron chi connectivity index (χ3n) is 3.90. The van der Waals surface area contributed by atoms with Gasteiger partial charge in [0.25, 0.3) is 0 Å². The third-order valence-corrected chi connectivity index (χ3v) is 4.42. The van der Waals surface area contributed by atoms with Crippen LogP contribution in [-0.2, 0) is 20.2 Å². The number of aliphatic hydroxyl groups excluding tert-OH is 3. The van der Waals surface area contributed by atoms with Crippen molar-refractivity contribution in [1.82, 2.24) is 0 Å². The molecule has 8 nitrogen and oxygen atoms in total. The minimum atomic E-state index is -4.83. The van der Waals surface area contributed by atoms with Crippen molar-refractivity contribution >= 4 is 7.82 Å². The van der Waals surface area contributed by atoms with E-state index in [1.807, 2.05) is 30.3 Å². The van der Waals surface area contributed by atoms with Crippen molar-refractivity contribution in [2.45, 2.75) is 49.8 Å². The van der Waals surface area contributed by atoms with Crippen molar-refractivity contribution in [3.8, 4) is 0 Å². The van der Waals surface area contributed by atoms with Gasteiger partial charge in [-0.2, -0.15) is 0 Å². The van der Waals surface area contributed by atoms with Gasteiger partial charge in [-0.05, 0) is 5.56 Å². The summed E-state index contributed by atoms with van der Waals surface area (Å²) in [5, 5.41) is 29.3. The summed E-state index contributed by atoms with van der Waals surface area (Å²) in [6.45, 7) is -0.319. The maximum atomic E-state index is 11.1. The molecule has 0 spiro atoms. The highest BCUT2D eigenvalue weighted by Crippen LogP contribution is 2.42. The van der Waals surface area contributed by atoms with Gasteiger partial charge in [-0.3, -0.25) is 4.52 Å². The van der Waals surface area contributed by atoms with Crippen LogP contribution in [-0.4, -0.2) is 62.2 Å². The Kier molecular flexibility index (Phi) is 6.91. The summed E-state index contributed by atoms with van der Waals surface area (Å²) in [5.41, 5.74) is 0.918. The highest BCUT2D eigenvalue weighted by molar-refractivity contribution is 7.46. The number of hydrogen-bond acceptors (Lipinski definition) is 6. The zero-order chi connectivity index (χ0) is 17.7. The molecule has 0 aliphatic heterocycles. The van der Waals surface area contributed by atoms with Crippen molar-refractivity contribution in [3.63, 3.8) is 0 Å². The largest absolute Gasteiger partial charge is 0.470 e. The Hall–Kier alpha value is -0.830. The van der Waals surface area contributed by atoms with Gasteiger partial charge in [0, 0.05) is 19.3 Å². The summed E-state index contributed by atoms with van der Waals surface area (Å²) in [4.78, 5) is 18.0. The van der Waals surface area contributed by atoms with Gasteiger partial charge in [0.2, 0.25) is 0 Å². The maximum absolute atomic E-state index is 11.1. The van der Waals surface area contributed by atoms with E-state index in [0.29, 0.717) is 6.42 Å². The molecule has 0 saturated heterocycles. The standard InChI is InChI=1S/C15H23O8P/c16-9-12(6-10-4-2-1-3-5-10)22-14-8-11(17)7-13(18)15(14)23-24(19,20)21/h1-5,11-18H,6-9H2,(H2,19,20,21)/t11-,12-,13-,14-,15-/m1/s1. The molecular formula is C15H23O8P. The summed E-state index contributed by atoms with van der Waals surface area (Å²) in [6.07, 6.45) is -4.67. The van der Waals surface area contributed by atoms with Crippen molar-refractivity contribution in [2.24, 2.45) is 0 Å². The van der Waals surface area contributed by atoms with Crippen LogP contribution < -0.4 is 0 Å². The average molecular weight is 362 g/mol. The Morgan fingerprint density at radius 1 is 1.17 bits per heavy atom. The lowest BCUT2D eigenvalue weighted by Gasteiger charge is -2.38. The number of aliphatic hydroxyl groups is 3. The number of phosphoric acid groups is 1. The lowest BCUT2D eigenvalue weighted by Crippen LogP contribution is -2.50. The van der Waals surface area contributed by atoms with Crippen LogP contribution in [0.1, 0.15) is 18.4 Å². The normalized spacial score (nSPS) is 29.4. The van der Waals surface area contributed by atoms with Crippen molar-refractivity contribution < 1.29 is 38.9 Å². The smallest absolute Gasteiger partial charge is 0.394 e. The van der Waals surface area contributed by atoms with Crippen LogP contribution in [0.4, 0.5) is 0 Å². The summed E-state index contributed by atoms with van der Waals surface area (Å²) >= 11 is 0. The molecule has 1 saturated carbocycles. The maximum Gasteiger partial charge on any atom is 0.470 e. The molecule has 1 aromatic carbocycles. The number of phosphoric ester groups is 1. The molecule has 0 amide bonds. The second-order valence-corrected chi connectivity index (χ2v) is 7.11. The van der Waals surface area contributed by atoms with Crippen LogP contribution in [0.2, 0.25) is 0 Å². The van der Waals surface area contributed by atoms with Crippen LogP contribution in [0.5, 0.6) is 0 Å². The molecule has 5 atom stereocenters. The quantitative estimate of drug-likeness (QED) is 0.427. The van der Waals surface area contributed by atoms with E-state index in [1.165, 1.54) is 0 Å². The Morgan fingerprint density at radius 2 is 1.83 bits per heavy atom. The molecule has 1 aliphatic carbocycles. The van der Waals surface area contributed by atoms with E-state index in [-0.39, 0.29) is 19.4 Å². The number of rotatable bonds is 7. The molecule has 24 heavy (non-hydrogen) atoms. The molecular weight excluding hydrogens is 339 g/mol. The molecule has 1 aliphatic rings. The minimum absolute atomic E-state index is 0.0486. The first-order chi connectivity index (χ1) is 11.3. The molecule has 0 unspecified atom stereocenters. The van der Waals surface area contributed by atoms with E-state index < -0.39 is 38.3 Å². The number of benzene rings is 1. The molecule has 1 aromatic rings. The highest BCUT2D eigenvalue weighted by atomic mass is 31.2. The van der Waals surface area contributed by atoms with E-state index in [0.717, 1.165) is 5.56 Å². The first-order valence-electron chi connectivity index (χ1n) is 7.69. The first kappa shape index (κ1) is 19.5. The molecule has 0 aromatic heterocycles. The lowest BCUT2D eigenvalue weighted by atomic mass is 9.89. The zero-order valence-corrected chi connectivity index (χ0v) is 13.9. The summed E-state index contributed by atoms with van der Waals surface area (Å²) in [7, 11) is -4.83. The molecule has 0 bridgehead atoms. The van der Waals surface area contributed by atoms with Gasteiger partial charge < -0.3 is 29.8 Å². The van der Waals surface area contributed by atoms with E-state index in [2.05, 4.69) is 4.52 Å². The SMILES string of the molecule is O=P(O)(O)O[C@@H]1[C@H](O)C[C@@H](O)C[C@H]1O[C@@H](CO)Cc1ccccc1. The number of ether oxygens (including phenoxy) is 1. The molecule has 1 fully saturated rings. The molecule has 0 radical (unpaired) electrons. The van der Waals surface area contributed by atoms with Gasteiger partial charge in [-0.1, -0.05) is 30.3 Å². The van der Waals surface area contributed by atoms with E-state index in [4.69, 9.17) is 14.5 Å². The molecule has 9 heteroatoms. The summed E-state index contributed by atoms with van der Waals surface area (Å²) in [6, 6.07) is 9.27. The topological polar surface area (TPSA) is 137 Å². The zero-order valence-electron chi connectivity index (χ0n) is 13.0. The summed E-state index contributed by atoms with van der Waals surface area (Å²) in [5.74, 6) is 0. The molecule has 2 rings (SSSR count). The van der Waals surface area contributed by atoms with Crippen LogP contribution in [0.15, 0.2) is 30.3 Å². The van der Waals surface area contributed by atoms with Gasteiger partial charge in [0.15, 0.2) is 0 Å². The van der Waals surface area contributed by atoms with Crippen molar-refractivity contribution in [3.05, 3.63) is 35.9 Å². The third kappa shape index (κ3) is 5.91. The molecule has 5 N–H and O–H groups in total. The predicted octanol–water partition coefficient (Wildman–Crippen LogP) is -0.0313. The van der Waals surface area contributed by atoms with Crippen molar-refractivity contribution in [2.75, 3.05) is 6.61 Å². The fourth-order valence-corrected chi connectivity index (χ4v) is 3.46. The van der Waals surface area contributed by atoms with Gasteiger partial charge in [0.1, 0.15) is 6.10 Å². The fraction of sp³-hybridized carbons (Fsp3) is 0.600. The lowest BCUT2D eigenvalue weighted by molar-refractivity contribution is -0.159. The Bertz CT molecular complexity index is 548. The van der Waals surface area contributed by atoms with Gasteiger partial charge >= 0.3 is 7.82 Å². The molecule has 0 heterocycles. The average Bonchev–Trinajstić information content (AvgIpc) is 2.50. The second kappa shape index (κ2) is 8.51. The van der Waals surface area contributed by atoms with Crippen LogP contribution in [0, 0.1) is 0 Å². The predicted molar refractivity (Wildman–Crippen MR) is 84.1 cm³/mol. The first-order valence-corrected chi connectivity index (χ1v) is 9.22. The Balaban J connectivity index is 2.07. The van der Waals surface area contributed by atoms with E-state index >= 15 is 0 Å². The van der Waals surface area contributed by atoms with Gasteiger partial charge in [-0.15, -0.1) is 0 Å². The van der Waals surface area contributed by atoms with Gasteiger partial charge in [-0.25, -0.2) is 4.57 Å². The number of hydrogen-bond donors (Lipinski definition) is 5. The monoisotopic (exact) mass is 362 g/mol. The van der Waals surface area contributed by atoms with Crippen LogP contribution in [0.25, 0.3) is 0 Å². The Morgan fingerprint density at radius 3 is 2.42 bits per heavy atom. The second-order valence-electron chi connectivity index (χ2n) is 5.92. The Labute approximate surface area is 139 Å². The van der Waals surface area contributed by atoms with Crippen molar-refractivity contribution in [1.29, 1.82) is 0 Å². The van der Waals surface area contributed by atoms with E-state index in [9.17, 15) is 19.9 Å². The van der Waals surface area contributed by atoms with Gasteiger partial charge in [0.05, 0.1) is 31.0 Å². The van der Waals surface area contributed by atoms with E-state index in [1.54, 1.807) is 0 Å². The minimum Gasteiger partial charge on any atom is -0.394 e.